The van der Waals surface area contributed by atoms with Crippen LogP contribution in [0.3, 0.4) is 0 Å². The monoisotopic (exact) mass is 516 g/mol. The van der Waals surface area contributed by atoms with Crippen molar-refractivity contribution in [1.29, 1.82) is 0 Å². The molecule has 0 aliphatic carbocycles. The predicted molar refractivity (Wildman–Crippen MR) is 116 cm³/mol. The number of amides is 1. The van der Waals surface area contributed by atoms with Crippen molar-refractivity contribution in [3.05, 3.63) is 63.2 Å². The molecule has 3 heterocycles. The first kappa shape index (κ1) is 25.2. The molecule has 4 rings (SSSR count). The first-order valence-electron chi connectivity index (χ1n) is 10.7. The van der Waals surface area contributed by atoms with Gasteiger partial charge in [-0.05, 0) is 37.0 Å². The molecule has 0 saturated carbocycles. The highest BCUT2D eigenvalue weighted by Crippen LogP contribution is 2.37. The Bertz CT molecular complexity index is 1280. The van der Waals surface area contributed by atoms with Crippen LogP contribution in [0.1, 0.15) is 46.3 Å². The minimum atomic E-state index is -4.63. The number of fused-ring (bicyclic) bond motifs is 1. The molecule has 2 aliphatic rings. The zero-order chi connectivity index (χ0) is 25.5. The minimum absolute atomic E-state index is 0.0139. The van der Waals surface area contributed by atoms with E-state index >= 15 is 0 Å². The van der Waals surface area contributed by atoms with E-state index in [1.165, 1.54) is 4.31 Å². The second kappa shape index (κ2) is 9.28. The lowest BCUT2D eigenvalue weighted by Gasteiger charge is -2.29. The lowest BCUT2D eigenvalue weighted by Crippen LogP contribution is -2.39. The molecule has 190 valence electrons. The molecule has 1 N–H and O–H groups in total. The van der Waals surface area contributed by atoms with Gasteiger partial charge in [0.1, 0.15) is 12.0 Å². The maximum absolute atomic E-state index is 13.0. The Kier molecular flexibility index (Phi) is 6.68. The molecule has 1 saturated heterocycles. The van der Waals surface area contributed by atoms with E-state index in [2.05, 4.69) is 0 Å². The fourth-order valence-corrected chi connectivity index (χ4v) is 5.02. The average Bonchev–Trinajstić information content (AvgIpc) is 3.02. The summed E-state index contributed by atoms with van der Waals surface area (Å²) in [6, 6.07) is 3.60. The average molecular weight is 516 g/mol. The van der Waals surface area contributed by atoms with Crippen LogP contribution in [0, 0.1) is 5.92 Å². The molecular formula is C22H23F3N2O7S. The van der Waals surface area contributed by atoms with Crippen LogP contribution in [0.15, 0.2) is 39.7 Å². The van der Waals surface area contributed by atoms with E-state index < -0.39 is 39.3 Å². The van der Waals surface area contributed by atoms with Crippen LogP contribution in [-0.2, 0) is 22.7 Å². The highest BCUT2D eigenvalue weighted by molar-refractivity contribution is 7.88. The number of sulfonamides is 1. The number of alkyl halides is 3. The lowest BCUT2D eigenvalue weighted by molar-refractivity contribution is -0.137. The van der Waals surface area contributed by atoms with E-state index in [0.29, 0.717) is 25.9 Å². The van der Waals surface area contributed by atoms with Crippen molar-refractivity contribution >= 4 is 15.9 Å². The van der Waals surface area contributed by atoms with Gasteiger partial charge in [-0.25, -0.2) is 12.7 Å². The molecule has 1 atom stereocenters. The molecule has 1 fully saturated rings. The number of hydrogen-bond acceptors (Lipinski definition) is 7. The first-order chi connectivity index (χ1) is 16.3. The summed E-state index contributed by atoms with van der Waals surface area (Å²) in [5, 5.41) is 10.4. The summed E-state index contributed by atoms with van der Waals surface area (Å²) in [5.41, 5.74) is -1.75. The van der Waals surface area contributed by atoms with Crippen molar-refractivity contribution in [2.75, 3.05) is 26.0 Å². The van der Waals surface area contributed by atoms with E-state index in [1.54, 1.807) is 0 Å². The van der Waals surface area contributed by atoms with Crippen molar-refractivity contribution in [1.82, 2.24) is 9.21 Å². The number of aliphatic hydroxyl groups excluding tert-OH is 1. The normalized spacial score (nSPS) is 19.7. The van der Waals surface area contributed by atoms with Crippen LogP contribution < -0.4 is 10.2 Å². The molecule has 1 aromatic carbocycles. The summed E-state index contributed by atoms with van der Waals surface area (Å²) >= 11 is 0. The Labute approximate surface area is 198 Å². The van der Waals surface area contributed by atoms with Crippen molar-refractivity contribution in [3.63, 3.8) is 0 Å². The number of carbonyl (C=O) groups is 1. The Balaban J connectivity index is 1.38. The third-order valence-corrected chi connectivity index (χ3v) is 7.44. The van der Waals surface area contributed by atoms with Gasteiger partial charge in [0.05, 0.1) is 25.0 Å². The molecule has 35 heavy (non-hydrogen) atoms. The van der Waals surface area contributed by atoms with Gasteiger partial charge < -0.3 is 19.2 Å². The minimum Gasteiger partial charge on any atom is -0.486 e. The quantitative estimate of drug-likeness (QED) is 0.626. The van der Waals surface area contributed by atoms with Crippen LogP contribution in [0.25, 0.3) is 0 Å². The molecule has 1 amide bonds. The van der Waals surface area contributed by atoms with Crippen LogP contribution in [-0.4, -0.2) is 54.6 Å². The summed E-state index contributed by atoms with van der Waals surface area (Å²) < 4.78 is 74.4. The third-order valence-electron chi connectivity index (χ3n) is 6.14. The maximum Gasteiger partial charge on any atom is 0.416 e. The highest BCUT2D eigenvalue weighted by Gasteiger charge is 2.39. The summed E-state index contributed by atoms with van der Waals surface area (Å²) in [6.07, 6.45) is -2.85. The molecule has 9 nitrogen and oxygen atoms in total. The summed E-state index contributed by atoms with van der Waals surface area (Å²) in [6.45, 7) is 0.607. The third kappa shape index (κ3) is 5.36. The van der Waals surface area contributed by atoms with Crippen LogP contribution >= 0.6 is 0 Å². The van der Waals surface area contributed by atoms with E-state index in [9.17, 15) is 36.3 Å². The van der Waals surface area contributed by atoms with Gasteiger partial charge in [0.15, 0.2) is 6.23 Å². The summed E-state index contributed by atoms with van der Waals surface area (Å²) in [7, 11) is -3.24. The van der Waals surface area contributed by atoms with Gasteiger partial charge in [-0.2, -0.15) is 13.2 Å². The number of ether oxygens (including phenoxy) is 1. The van der Waals surface area contributed by atoms with Gasteiger partial charge in [0.2, 0.25) is 21.2 Å². The standard InChI is InChI=1S/C22H23F3N2O7S/c1-35(31,32)26-6-4-13(5-7-26)11-34-19-12-33-15(9-18(19)28)10-27-20(29)16-3-2-14(22(23,24)25)8-17(16)21(27)30/h2-3,8-9,12-13,21,30H,4-7,10-11H2,1H3. The molecule has 0 bridgehead atoms. The van der Waals surface area contributed by atoms with Crippen molar-refractivity contribution < 1.29 is 40.6 Å². The maximum atomic E-state index is 13.0. The van der Waals surface area contributed by atoms with Crippen molar-refractivity contribution in [2.24, 2.45) is 5.92 Å². The number of nitrogens with zero attached hydrogens (tertiary/aromatic N) is 2. The fourth-order valence-electron chi connectivity index (χ4n) is 4.15. The van der Waals surface area contributed by atoms with Gasteiger partial charge in [-0.3, -0.25) is 9.59 Å². The van der Waals surface area contributed by atoms with E-state index in [-0.39, 0.29) is 41.7 Å². The van der Waals surface area contributed by atoms with Crippen molar-refractivity contribution in [2.45, 2.75) is 31.8 Å². The molecule has 13 heteroatoms. The smallest absolute Gasteiger partial charge is 0.416 e. The summed E-state index contributed by atoms with van der Waals surface area (Å²) in [5.74, 6) is -0.681. The van der Waals surface area contributed by atoms with Gasteiger partial charge >= 0.3 is 6.18 Å². The van der Waals surface area contributed by atoms with E-state index in [4.69, 9.17) is 9.15 Å². The van der Waals surface area contributed by atoms with Gasteiger partial charge in [-0.1, -0.05) is 0 Å². The summed E-state index contributed by atoms with van der Waals surface area (Å²) in [4.78, 5) is 25.9. The number of rotatable bonds is 6. The highest BCUT2D eigenvalue weighted by atomic mass is 32.2. The van der Waals surface area contributed by atoms with Gasteiger partial charge in [-0.15, -0.1) is 0 Å². The van der Waals surface area contributed by atoms with E-state index in [1.807, 2.05) is 0 Å². The molecule has 0 radical (unpaired) electrons. The predicted octanol–water partition coefficient (Wildman–Crippen LogP) is 2.36. The van der Waals surface area contributed by atoms with E-state index in [0.717, 1.165) is 41.7 Å². The molecular weight excluding hydrogens is 493 g/mol. The Hall–Kier alpha value is -2.90. The number of piperidine rings is 1. The second-order valence-corrected chi connectivity index (χ2v) is 10.6. The fraction of sp³-hybridized carbons (Fsp3) is 0.455. The first-order valence-corrected chi connectivity index (χ1v) is 12.6. The molecule has 1 aromatic heterocycles. The van der Waals surface area contributed by atoms with Crippen LogP contribution in [0.5, 0.6) is 5.75 Å². The zero-order valence-electron chi connectivity index (χ0n) is 18.6. The topological polar surface area (TPSA) is 117 Å². The number of carbonyl (C=O) groups excluding carboxylic acids is 1. The molecule has 2 aliphatic heterocycles. The Morgan fingerprint density at radius 1 is 1.17 bits per heavy atom. The van der Waals surface area contributed by atoms with Crippen LogP contribution in [0.2, 0.25) is 0 Å². The lowest BCUT2D eigenvalue weighted by atomic mass is 9.99. The molecule has 0 spiro atoms. The Morgan fingerprint density at radius 2 is 1.86 bits per heavy atom. The number of hydrogen-bond donors (Lipinski definition) is 1. The number of aliphatic hydroxyl groups is 1. The Morgan fingerprint density at radius 3 is 2.46 bits per heavy atom. The zero-order valence-corrected chi connectivity index (χ0v) is 19.4. The van der Waals surface area contributed by atoms with Crippen molar-refractivity contribution in [3.8, 4) is 5.75 Å². The van der Waals surface area contributed by atoms with Gasteiger partial charge in [0.25, 0.3) is 5.91 Å². The van der Waals surface area contributed by atoms with Gasteiger partial charge in [0, 0.05) is 30.3 Å². The SMILES string of the molecule is CS(=O)(=O)N1CCC(COc2coc(CN3C(=O)c4ccc(C(F)(F)F)cc4C3O)cc2=O)CC1. The number of benzene rings is 1. The molecule has 1 unspecified atom stereocenters. The molecule has 2 aromatic rings. The number of halogens is 3. The largest absolute Gasteiger partial charge is 0.486 e. The second-order valence-electron chi connectivity index (χ2n) is 8.60. The van der Waals surface area contributed by atoms with Crippen LogP contribution in [0.4, 0.5) is 13.2 Å².